The number of halogens is 1. The molecule has 0 fully saturated rings. The lowest BCUT2D eigenvalue weighted by Gasteiger charge is -2.05. The van der Waals surface area contributed by atoms with Crippen LogP contribution in [-0.2, 0) is 11.2 Å². The van der Waals surface area contributed by atoms with E-state index in [1.54, 1.807) is 35.7 Å². The van der Waals surface area contributed by atoms with Crippen molar-refractivity contribution >= 4 is 28.8 Å². The number of aromatic nitrogens is 1. The van der Waals surface area contributed by atoms with E-state index in [0.29, 0.717) is 16.9 Å². The molecule has 0 saturated heterocycles. The van der Waals surface area contributed by atoms with Crippen LogP contribution in [0, 0.1) is 5.82 Å². The Morgan fingerprint density at radius 3 is 2.64 bits per heavy atom. The van der Waals surface area contributed by atoms with Gasteiger partial charge in [0.05, 0.1) is 12.1 Å². The SMILES string of the molecule is NC(=O)c1cccc(NC(=O)Cc2csc(-c3ccc(F)cc3)n2)c1. The smallest absolute Gasteiger partial charge is 0.248 e. The van der Waals surface area contributed by atoms with Gasteiger partial charge in [-0.1, -0.05) is 6.07 Å². The van der Waals surface area contributed by atoms with Crippen molar-refractivity contribution in [2.24, 2.45) is 5.73 Å². The molecule has 0 bridgehead atoms. The van der Waals surface area contributed by atoms with Crippen molar-refractivity contribution in [2.75, 3.05) is 5.32 Å². The number of carbonyl (C=O) groups excluding carboxylic acids is 2. The summed E-state index contributed by atoms with van der Waals surface area (Å²) in [6.45, 7) is 0. The molecule has 2 aromatic carbocycles. The van der Waals surface area contributed by atoms with Crippen LogP contribution < -0.4 is 11.1 Å². The molecule has 3 rings (SSSR count). The molecule has 126 valence electrons. The van der Waals surface area contributed by atoms with E-state index in [-0.39, 0.29) is 18.1 Å². The zero-order valence-corrected chi connectivity index (χ0v) is 13.8. The predicted octanol–water partition coefficient (Wildman–Crippen LogP) is 3.23. The predicted molar refractivity (Wildman–Crippen MR) is 94.8 cm³/mol. The highest BCUT2D eigenvalue weighted by Gasteiger charge is 2.10. The van der Waals surface area contributed by atoms with E-state index in [4.69, 9.17) is 5.73 Å². The Kier molecular flexibility index (Phi) is 4.85. The summed E-state index contributed by atoms with van der Waals surface area (Å²) in [7, 11) is 0. The molecule has 3 N–H and O–H groups in total. The Bertz CT molecular complexity index is 922. The minimum absolute atomic E-state index is 0.0957. The van der Waals surface area contributed by atoms with Gasteiger partial charge >= 0.3 is 0 Å². The van der Waals surface area contributed by atoms with Gasteiger partial charge < -0.3 is 11.1 Å². The van der Waals surface area contributed by atoms with Crippen molar-refractivity contribution in [2.45, 2.75) is 6.42 Å². The van der Waals surface area contributed by atoms with Crippen molar-refractivity contribution < 1.29 is 14.0 Å². The van der Waals surface area contributed by atoms with Gasteiger partial charge in [0.1, 0.15) is 10.8 Å². The molecule has 0 saturated carbocycles. The molecule has 2 amide bonds. The number of primary amides is 1. The Hall–Kier alpha value is -3.06. The number of benzene rings is 2. The van der Waals surface area contributed by atoms with Crippen molar-refractivity contribution in [1.29, 1.82) is 0 Å². The summed E-state index contributed by atoms with van der Waals surface area (Å²) in [5.74, 6) is -1.12. The van der Waals surface area contributed by atoms with Crippen LogP contribution in [0.15, 0.2) is 53.9 Å². The van der Waals surface area contributed by atoms with Crippen LogP contribution in [0.2, 0.25) is 0 Å². The lowest BCUT2D eigenvalue weighted by molar-refractivity contribution is -0.115. The van der Waals surface area contributed by atoms with Gasteiger partial charge in [-0.15, -0.1) is 11.3 Å². The number of nitrogens with zero attached hydrogens (tertiary/aromatic N) is 1. The maximum Gasteiger partial charge on any atom is 0.248 e. The third-order valence-electron chi connectivity index (χ3n) is 3.42. The summed E-state index contributed by atoms with van der Waals surface area (Å²) >= 11 is 1.39. The monoisotopic (exact) mass is 355 g/mol. The largest absolute Gasteiger partial charge is 0.366 e. The van der Waals surface area contributed by atoms with Gasteiger partial charge in [0.2, 0.25) is 11.8 Å². The molecule has 0 aliphatic heterocycles. The van der Waals surface area contributed by atoms with Crippen LogP contribution in [0.25, 0.3) is 10.6 Å². The molecular weight excluding hydrogens is 341 g/mol. The van der Waals surface area contributed by atoms with Gasteiger partial charge in [-0.2, -0.15) is 0 Å². The minimum atomic E-state index is -0.556. The number of carbonyl (C=O) groups is 2. The first-order valence-electron chi connectivity index (χ1n) is 7.41. The average Bonchev–Trinajstić information content (AvgIpc) is 3.04. The van der Waals surface area contributed by atoms with E-state index in [9.17, 15) is 14.0 Å². The van der Waals surface area contributed by atoms with Crippen molar-refractivity contribution in [1.82, 2.24) is 4.98 Å². The molecule has 7 heteroatoms. The first kappa shape index (κ1) is 16.8. The number of nitrogens with one attached hydrogen (secondary N) is 1. The highest BCUT2D eigenvalue weighted by atomic mass is 32.1. The maximum absolute atomic E-state index is 13.0. The normalized spacial score (nSPS) is 10.4. The summed E-state index contributed by atoms with van der Waals surface area (Å²) in [5, 5.41) is 5.22. The van der Waals surface area contributed by atoms with Gasteiger partial charge in [0.25, 0.3) is 0 Å². The second-order valence-electron chi connectivity index (χ2n) is 5.32. The molecule has 0 spiro atoms. The zero-order chi connectivity index (χ0) is 17.8. The molecule has 3 aromatic rings. The van der Waals surface area contributed by atoms with Crippen LogP contribution in [0.3, 0.4) is 0 Å². The summed E-state index contributed by atoms with van der Waals surface area (Å²) in [6.07, 6.45) is 0.0957. The topological polar surface area (TPSA) is 85.1 Å². The summed E-state index contributed by atoms with van der Waals surface area (Å²) < 4.78 is 13.0. The molecule has 0 unspecified atom stereocenters. The quantitative estimate of drug-likeness (QED) is 0.737. The number of nitrogens with two attached hydrogens (primary N) is 1. The Balaban J connectivity index is 1.66. The molecule has 1 heterocycles. The first-order chi connectivity index (χ1) is 12.0. The van der Waals surface area contributed by atoms with Crippen LogP contribution in [-0.4, -0.2) is 16.8 Å². The van der Waals surface area contributed by atoms with Gasteiger partial charge in [0.15, 0.2) is 0 Å². The fourth-order valence-corrected chi connectivity index (χ4v) is 3.06. The average molecular weight is 355 g/mol. The summed E-state index contributed by atoms with van der Waals surface area (Å²) in [6, 6.07) is 12.4. The highest BCUT2D eigenvalue weighted by Crippen LogP contribution is 2.24. The molecule has 0 aliphatic carbocycles. The maximum atomic E-state index is 13.0. The van der Waals surface area contributed by atoms with Crippen molar-refractivity contribution in [3.63, 3.8) is 0 Å². The van der Waals surface area contributed by atoms with E-state index >= 15 is 0 Å². The number of thiazole rings is 1. The lowest BCUT2D eigenvalue weighted by Crippen LogP contribution is -2.16. The minimum Gasteiger partial charge on any atom is -0.366 e. The van der Waals surface area contributed by atoms with Gasteiger partial charge in [-0.3, -0.25) is 9.59 Å². The van der Waals surface area contributed by atoms with Gasteiger partial charge in [-0.25, -0.2) is 9.37 Å². The van der Waals surface area contributed by atoms with E-state index in [2.05, 4.69) is 10.3 Å². The Morgan fingerprint density at radius 1 is 1.16 bits per heavy atom. The molecule has 0 atom stereocenters. The van der Waals surface area contributed by atoms with Crippen LogP contribution in [0.5, 0.6) is 0 Å². The second-order valence-corrected chi connectivity index (χ2v) is 6.18. The first-order valence-corrected chi connectivity index (χ1v) is 8.29. The zero-order valence-electron chi connectivity index (χ0n) is 13.0. The standard InChI is InChI=1S/C18H14FN3O2S/c19-13-6-4-11(5-7-13)18-22-15(10-25-18)9-16(23)21-14-3-1-2-12(8-14)17(20)24/h1-8,10H,9H2,(H2,20,24)(H,21,23). The third kappa shape index (κ3) is 4.27. The van der Waals surface area contributed by atoms with E-state index in [1.165, 1.54) is 29.5 Å². The van der Waals surface area contributed by atoms with Gasteiger partial charge in [0, 0.05) is 22.2 Å². The Morgan fingerprint density at radius 2 is 1.92 bits per heavy atom. The fraction of sp³-hybridized carbons (Fsp3) is 0.0556. The van der Waals surface area contributed by atoms with Crippen molar-refractivity contribution in [3.05, 3.63) is 71.0 Å². The number of rotatable bonds is 5. The van der Waals surface area contributed by atoms with Crippen LogP contribution in [0.4, 0.5) is 10.1 Å². The number of hydrogen-bond donors (Lipinski definition) is 2. The molecule has 5 nitrogen and oxygen atoms in total. The van der Waals surface area contributed by atoms with E-state index < -0.39 is 5.91 Å². The number of hydrogen-bond acceptors (Lipinski definition) is 4. The summed E-state index contributed by atoms with van der Waals surface area (Å²) in [4.78, 5) is 27.7. The fourth-order valence-electron chi connectivity index (χ4n) is 2.23. The molecule has 0 radical (unpaired) electrons. The summed E-state index contributed by atoms with van der Waals surface area (Å²) in [5.41, 5.74) is 7.46. The lowest BCUT2D eigenvalue weighted by atomic mass is 10.2. The van der Waals surface area contributed by atoms with Crippen LogP contribution in [0.1, 0.15) is 16.1 Å². The van der Waals surface area contributed by atoms with Crippen molar-refractivity contribution in [3.8, 4) is 10.6 Å². The van der Waals surface area contributed by atoms with E-state index in [1.807, 2.05) is 0 Å². The molecule has 25 heavy (non-hydrogen) atoms. The highest BCUT2D eigenvalue weighted by molar-refractivity contribution is 7.13. The molecule has 1 aromatic heterocycles. The van der Waals surface area contributed by atoms with Crippen LogP contribution >= 0.6 is 11.3 Å². The second kappa shape index (κ2) is 7.23. The number of anilines is 1. The Labute approximate surface area is 147 Å². The number of amides is 2. The molecule has 0 aliphatic rings. The van der Waals surface area contributed by atoms with Gasteiger partial charge in [-0.05, 0) is 42.5 Å². The van der Waals surface area contributed by atoms with E-state index in [0.717, 1.165) is 10.6 Å². The third-order valence-corrected chi connectivity index (χ3v) is 4.36. The molecular formula is C18H14FN3O2S.